The molecule has 1 N–H and O–H groups in total. The zero-order chi connectivity index (χ0) is 13.5. The van der Waals surface area contributed by atoms with E-state index in [9.17, 15) is 4.79 Å². The van der Waals surface area contributed by atoms with Crippen molar-refractivity contribution in [3.63, 3.8) is 0 Å². The van der Waals surface area contributed by atoms with Gasteiger partial charge >= 0.3 is 5.97 Å². The van der Waals surface area contributed by atoms with E-state index in [1.807, 2.05) is 21.1 Å². The minimum Gasteiger partial charge on any atom is -0.478 e. The van der Waals surface area contributed by atoms with E-state index in [-0.39, 0.29) is 5.56 Å². The Kier molecular flexibility index (Phi) is 5.74. The Hall–Kier alpha value is -1.46. The lowest BCUT2D eigenvalue weighted by Gasteiger charge is -2.18. The molecule has 1 rings (SSSR count). The molecule has 0 saturated carbocycles. The largest absolute Gasteiger partial charge is 0.478 e. The monoisotopic (exact) mass is 251 g/mol. The zero-order valence-electron chi connectivity index (χ0n) is 11.3. The Balaban J connectivity index is 2.53. The van der Waals surface area contributed by atoms with E-state index < -0.39 is 5.97 Å². The molecule has 0 spiro atoms. The van der Waals surface area contributed by atoms with Crippen LogP contribution < -0.4 is 0 Å². The molecule has 0 atom stereocenters. The van der Waals surface area contributed by atoms with Gasteiger partial charge in [0.05, 0.1) is 11.3 Å². The number of hydrogen-bond acceptors (Lipinski definition) is 4. The Labute approximate surface area is 108 Å². The molecule has 0 aliphatic heterocycles. The second-order valence-electron chi connectivity index (χ2n) is 4.70. The van der Waals surface area contributed by atoms with Crippen LogP contribution >= 0.6 is 0 Å². The van der Waals surface area contributed by atoms with E-state index in [1.165, 1.54) is 0 Å². The lowest BCUT2D eigenvalue weighted by Crippen LogP contribution is -2.24. The van der Waals surface area contributed by atoms with Crippen LogP contribution in [0.5, 0.6) is 0 Å². The number of aromatic nitrogens is 1. The van der Waals surface area contributed by atoms with Crippen molar-refractivity contribution in [2.45, 2.75) is 13.0 Å². The Morgan fingerprint density at radius 3 is 2.67 bits per heavy atom. The second-order valence-corrected chi connectivity index (χ2v) is 4.70. The summed E-state index contributed by atoms with van der Waals surface area (Å²) in [5.41, 5.74) is 0.911. The lowest BCUT2D eigenvalue weighted by atomic mass is 10.2. The van der Waals surface area contributed by atoms with Crippen molar-refractivity contribution in [3.05, 3.63) is 29.6 Å². The van der Waals surface area contributed by atoms with E-state index in [0.29, 0.717) is 12.2 Å². The van der Waals surface area contributed by atoms with Crippen LogP contribution in [0.4, 0.5) is 0 Å². The minimum atomic E-state index is -0.917. The highest BCUT2D eigenvalue weighted by molar-refractivity contribution is 5.88. The highest BCUT2D eigenvalue weighted by atomic mass is 16.4. The fourth-order valence-corrected chi connectivity index (χ4v) is 1.75. The number of carbonyl (C=O) groups is 1. The number of carboxylic acids is 1. The van der Waals surface area contributed by atoms with Gasteiger partial charge in [-0.3, -0.25) is 4.98 Å². The fraction of sp³-hybridized carbons (Fsp3) is 0.538. The summed E-state index contributed by atoms with van der Waals surface area (Å²) in [5, 5.41) is 9.06. The summed E-state index contributed by atoms with van der Waals surface area (Å²) in [4.78, 5) is 19.4. The molecule has 18 heavy (non-hydrogen) atoms. The van der Waals surface area contributed by atoms with Gasteiger partial charge in [-0.25, -0.2) is 4.79 Å². The number of nitrogens with zero attached hydrogens (tertiary/aromatic N) is 3. The van der Waals surface area contributed by atoms with Crippen molar-refractivity contribution >= 4 is 5.97 Å². The Morgan fingerprint density at radius 2 is 2.06 bits per heavy atom. The summed E-state index contributed by atoms with van der Waals surface area (Å²) in [6.07, 6.45) is 2.69. The molecule has 100 valence electrons. The fourth-order valence-electron chi connectivity index (χ4n) is 1.75. The molecule has 0 unspecified atom stereocenters. The number of carboxylic acid groups (broad SMARTS) is 1. The molecule has 0 radical (unpaired) electrons. The van der Waals surface area contributed by atoms with Crippen molar-refractivity contribution in [1.29, 1.82) is 0 Å². The molecule has 1 heterocycles. The molecule has 1 aromatic rings. The first kappa shape index (κ1) is 14.6. The average Bonchev–Trinajstić information content (AvgIpc) is 2.28. The number of pyridine rings is 1. The van der Waals surface area contributed by atoms with Crippen molar-refractivity contribution in [2.75, 3.05) is 34.2 Å². The van der Waals surface area contributed by atoms with E-state index in [0.717, 1.165) is 19.5 Å². The smallest absolute Gasteiger partial charge is 0.337 e. The van der Waals surface area contributed by atoms with Gasteiger partial charge in [0.25, 0.3) is 0 Å². The minimum absolute atomic E-state index is 0.289. The summed E-state index contributed by atoms with van der Waals surface area (Å²) >= 11 is 0. The summed E-state index contributed by atoms with van der Waals surface area (Å²) in [6.45, 7) is 2.52. The molecular weight excluding hydrogens is 230 g/mol. The van der Waals surface area contributed by atoms with Crippen LogP contribution in [0, 0.1) is 0 Å². The quantitative estimate of drug-likeness (QED) is 0.788. The predicted molar refractivity (Wildman–Crippen MR) is 70.7 cm³/mol. The first-order valence-electron chi connectivity index (χ1n) is 6.01. The zero-order valence-corrected chi connectivity index (χ0v) is 11.3. The third kappa shape index (κ3) is 4.81. The van der Waals surface area contributed by atoms with Gasteiger partial charge in [-0.1, -0.05) is 0 Å². The van der Waals surface area contributed by atoms with Crippen molar-refractivity contribution < 1.29 is 9.90 Å². The maximum Gasteiger partial charge on any atom is 0.337 e. The average molecular weight is 251 g/mol. The van der Waals surface area contributed by atoms with E-state index in [4.69, 9.17) is 5.11 Å². The molecule has 0 bridgehead atoms. The van der Waals surface area contributed by atoms with Crippen molar-refractivity contribution in [2.24, 2.45) is 0 Å². The van der Waals surface area contributed by atoms with Crippen molar-refractivity contribution in [1.82, 2.24) is 14.8 Å². The van der Waals surface area contributed by atoms with Crippen LogP contribution in [0.15, 0.2) is 18.3 Å². The molecule has 0 aromatic carbocycles. The van der Waals surface area contributed by atoms with Crippen LogP contribution in [0.2, 0.25) is 0 Å². The Morgan fingerprint density at radius 1 is 1.33 bits per heavy atom. The summed E-state index contributed by atoms with van der Waals surface area (Å²) in [6, 6.07) is 3.25. The normalized spacial score (nSPS) is 11.2. The first-order valence-corrected chi connectivity index (χ1v) is 6.01. The first-order chi connectivity index (χ1) is 8.50. The van der Waals surface area contributed by atoms with E-state index in [1.54, 1.807) is 18.3 Å². The van der Waals surface area contributed by atoms with Crippen LogP contribution in [-0.4, -0.2) is 60.1 Å². The van der Waals surface area contributed by atoms with Gasteiger partial charge in [0.1, 0.15) is 0 Å². The highest BCUT2D eigenvalue weighted by Crippen LogP contribution is 2.08. The van der Waals surface area contributed by atoms with Crippen LogP contribution in [0.3, 0.4) is 0 Å². The van der Waals surface area contributed by atoms with Gasteiger partial charge in [0, 0.05) is 12.7 Å². The van der Waals surface area contributed by atoms with Gasteiger partial charge in [-0.2, -0.15) is 0 Å². The summed E-state index contributed by atoms with van der Waals surface area (Å²) in [7, 11) is 6.07. The van der Waals surface area contributed by atoms with Crippen LogP contribution in [0.1, 0.15) is 22.5 Å². The van der Waals surface area contributed by atoms with Gasteiger partial charge in [0.15, 0.2) is 0 Å². The molecule has 5 nitrogen and oxygen atoms in total. The molecule has 0 saturated heterocycles. The summed E-state index contributed by atoms with van der Waals surface area (Å²) in [5.74, 6) is -0.917. The third-order valence-corrected chi connectivity index (χ3v) is 2.69. The number of rotatable bonds is 7. The van der Waals surface area contributed by atoms with Crippen molar-refractivity contribution in [3.8, 4) is 0 Å². The predicted octanol–water partition coefficient (Wildman–Crippen LogP) is 1.16. The molecule has 0 aliphatic carbocycles. The van der Waals surface area contributed by atoms with Crippen LogP contribution in [-0.2, 0) is 6.54 Å². The van der Waals surface area contributed by atoms with Gasteiger partial charge in [0.2, 0.25) is 0 Å². The molecule has 0 fully saturated rings. The number of hydrogen-bond donors (Lipinski definition) is 1. The molecular formula is C13H21N3O2. The molecule has 0 amide bonds. The molecule has 5 heteroatoms. The summed E-state index contributed by atoms with van der Waals surface area (Å²) < 4.78 is 0. The van der Waals surface area contributed by atoms with E-state index in [2.05, 4.69) is 14.8 Å². The lowest BCUT2D eigenvalue weighted by molar-refractivity contribution is 0.0694. The van der Waals surface area contributed by atoms with Crippen LogP contribution in [0.25, 0.3) is 0 Å². The Bertz CT molecular complexity index is 394. The maximum atomic E-state index is 11.0. The standard InChI is InChI=1S/C13H21N3O2/c1-15(2)8-5-9-16(3)10-12-11(13(17)18)6-4-7-14-12/h4,6-7H,5,8-10H2,1-3H3,(H,17,18). The van der Waals surface area contributed by atoms with E-state index >= 15 is 0 Å². The SMILES string of the molecule is CN(C)CCCN(C)Cc1ncccc1C(=O)O. The van der Waals surface area contributed by atoms with Gasteiger partial charge in [-0.05, 0) is 52.8 Å². The molecule has 1 aromatic heterocycles. The number of aromatic carboxylic acids is 1. The topological polar surface area (TPSA) is 56.7 Å². The molecule has 0 aliphatic rings. The highest BCUT2D eigenvalue weighted by Gasteiger charge is 2.12. The third-order valence-electron chi connectivity index (χ3n) is 2.69. The second kappa shape index (κ2) is 7.08. The maximum absolute atomic E-state index is 11.0. The van der Waals surface area contributed by atoms with Gasteiger partial charge in [-0.15, -0.1) is 0 Å². The van der Waals surface area contributed by atoms with Gasteiger partial charge < -0.3 is 14.9 Å².